The highest BCUT2D eigenvalue weighted by Crippen LogP contribution is 2.25. The molecule has 140 valence electrons. The van der Waals surface area contributed by atoms with E-state index in [0.717, 1.165) is 12.0 Å². The minimum absolute atomic E-state index is 0.0829. The Morgan fingerprint density at radius 2 is 2.04 bits per heavy atom. The first-order chi connectivity index (χ1) is 13.0. The summed E-state index contributed by atoms with van der Waals surface area (Å²) in [6.07, 6.45) is 2.29. The van der Waals surface area contributed by atoms with Crippen LogP contribution >= 0.6 is 11.6 Å². The highest BCUT2D eigenvalue weighted by atomic mass is 35.5. The van der Waals surface area contributed by atoms with E-state index in [1.165, 1.54) is 15.7 Å². The first kappa shape index (κ1) is 17.6. The lowest BCUT2D eigenvalue weighted by molar-refractivity contribution is 0.519. The topological polar surface area (TPSA) is 93.8 Å². The lowest BCUT2D eigenvalue weighted by Crippen LogP contribution is -2.29. The molecule has 1 unspecified atom stereocenters. The molecule has 0 saturated heterocycles. The Morgan fingerprint density at radius 3 is 2.81 bits per heavy atom. The zero-order valence-corrected chi connectivity index (χ0v) is 15.8. The molecular weight excluding hydrogens is 368 g/mol. The van der Waals surface area contributed by atoms with Gasteiger partial charge in [0.2, 0.25) is 0 Å². The third kappa shape index (κ3) is 3.56. The van der Waals surface area contributed by atoms with Gasteiger partial charge in [-0.2, -0.15) is 4.80 Å². The van der Waals surface area contributed by atoms with Crippen LogP contribution in [0.2, 0.25) is 5.02 Å². The van der Waals surface area contributed by atoms with Gasteiger partial charge in [0.1, 0.15) is 6.33 Å². The van der Waals surface area contributed by atoms with Crippen LogP contribution < -0.4 is 16.0 Å². The van der Waals surface area contributed by atoms with Crippen molar-refractivity contribution in [2.75, 3.05) is 12.1 Å². The highest BCUT2D eigenvalue weighted by molar-refractivity contribution is 6.30. The van der Waals surface area contributed by atoms with Crippen LogP contribution in [0.25, 0.3) is 0 Å². The fraction of sp³-hybridized carbons (Fsp3) is 0.353. The number of anilines is 1. The molecule has 1 aliphatic rings. The number of nitrogens with zero attached hydrogens (tertiary/aromatic N) is 7. The summed E-state index contributed by atoms with van der Waals surface area (Å²) in [6, 6.07) is 7.58. The number of aromatic nitrogens is 6. The van der Waals surface area contributed by atoms with E-state index in [4.69, 9.17) is 11.6 Å². The summed E-state index contributed by atoms with van der Waals surface area (Å²) < 4.78 is 1.51. The number of tetrazole rings is 1. The van der Waals surface area contributed by atoms with E-state index in [1.54, 1.807) is 5.01 Å². The van der Waals surface area contributed by atoms with Gasteiger partial charge in [0, 0.05) is 12.1 Å². The predicted molar refractivity (Wildman–Crippen MR) is 101 cm³/mol. The quantitative estimate of drug-likeness (QED) is 0.703. The molecule has 9 nitrogen and oxygen atoms in total. The summed E-state index contributed by atoms with van der Waals surface area (Å²) in [7, 11) is 1.84. The van der Waals surface area contributed by atoms with Gasteiger partial charge in [-0.25, -0.2) is 10.4 Å². The number of nitrogens with one attached hydrogen (secondary N) is 1. The number of fused-ring (bicyclic) bond motifs is 1. The maximum atomic E-state index is 12.7. The highest BCUT2D eigenvalue weighted by Gasteiger charge is 2.28. The maximum Gasteiger partial charge on any atom is 0.260 e. The Morgan fingerprint density at radius 1 is 1.26 bits per heavy atom. The zero-order valence-electron chi connectivity index (χ0n) is 15.0. The molecule has 0 saturated carbocycles. The molecule has 3 heterocycles. The van der Waals surface area contributed by atoms with E-state index in [2.05, 4.69) is 25.8 Å². The van der Waals surface area contributed by atoms with Crippen molar-refractivity contribution in [3.05, 3.63) is 62.9 Å². The Balaban J connectivity index is 1.46. The SMILES string of the molecule is CC1NN(C)c2ncn(Cc3nnn(CCc4ccc(Cl)cc4)n3)c(=O)c21. The number of aryl methyl sites for hydroxylation is 2. The number of hydrogen-bond donors (Lipinski definition) is 1. The molecule has 0 fully saturated rings. The summed E-state index contributed by atoms with van der Waals surface area (Å²) in [6.45, 7) is 2.76. The minimum atomic E-state index is -0.0955. The number of rotatable bonds is 5. The summed E-state index contributed by atoms with van der Waals surface area (Å²) in [5.74, 6) is 1.13. The molecule has 27 heavy (non-hydrogen) atoms. The maximum absolute atomic E-state index is 12.7. The van der Waals surface area contributed by atoms with Crippen molar-refractivity contribution in [1.29, 1.82) is 0 Å². The van der Waals surface area contributed by atoms with Crippen LogP contribution in [0.15, 0.2) is 35.4 Å². The monoisotopic (exact) mass is 386 g/mol. The molecule has 0 spiro atoms. The summed E-state index contributed by atoms with van der Waals surface area (Å²) in [5, 5.41) is 15.0. The molecule has 3 aromatic rings. The van der Waals surface area contributed by atoms with Crippen molar-refractivity contribution in [2.24, 2.45) is 0 Å². The molecular formula is C17H19ClN8O. The molecule has 0 bridgehead atoms. The van der Waals surface area contributed by atoms with E-state index < -0.39 is 0 Å². The van der Waals surface area contributed by atoms with E-state index in [9.17, 15) is 4.79 Å². The Labute approximate surface area is 160 Å². The molecule has 0 amide bonds. The molecule has 1 aliphatic heterocycles. The minimum Gasteiger partial charge on any atom is -0.294 e. The van der Waals surface area contributed by atoms with Crippen molar-refractivity contribution >= 4 is 17.4 Å². The van der Waals surface area contributed by atoms with Gasteiger partial charge in [0.05, 0.1) is 24.7 Å². The molecule has 0 radical (unpaired) electrons. The Hall–Kier alpha value is -2.78. The first-order valence-electron chi connectivity index (χ1n) is 8.61. The van der Waals surface area contributed by atoms with E-state index in [-0.39, 0.29) is 18.1 Å². The molecule has 10 heteroatoms. The van der Waals surface area contributed by atoms with E-state index in [0.29, 0.717) is 28.8 Å². The van der Waals surface area contributed by atoms with Crippen LogP contribution in [-0.4, -0.2) is 36.8 Å². The van der Waals surface area contributed by atoms with Crippen LogP contribution in [0, 0.1) is 0 Å². The number of halogens is 1. The first-order valence-corrected chi connectivity index (χ1v) is 8.99. The van der Waals surface area contributed by atoms with Crippen LogP contribution in [0.1, 0.15) is 29.9 Å². The van der Waals surface area contributed by atoms with Gasteiger partial charge in [-0.05, 0) is 36.3 Å². The average molecular weight is 387 g/mol. The Kier molecular flexibility index (Phi) is 4.63. The number of hydrogen-bond acceptors (Lipinski definition) is 7. The van der Waals surface area contributed by atoms with Crippen LogP contribution in [-0.2, 0) is 19.5 Å². The molecule has 4 rings (SSSR count). The second kappa shape index (κ2) is 7.09. The molecule has 2 aromatic heterocycles. The summed E-state index contributed by atoms with van der Waals surface area (Å²) in [5.41, 5.74) is 4.85. The molecule has 1 atom stereocenters. The molecule has 1 aromatic carbocycles. The fourth-order valence-corrected chi connectivity index (χ4v) is 3.26. The number of benzene rings is 1. The van der Waals surface area contributed by atoms with Crippen LogP contribution in [0.4, 0.5) is 5.82 Å². The lowest BCUT2D eigenvalue weighted by Gasteiger charge is -2.11. The fourth-order valence-electron chi connectivity index (χ4n) is 3.14. The normalized spacial score (nSPS) is 16.0. The molecule has 1 N–H and O–H groups in total. The van der Waals surface area contributed by atoms with Crippen LogP contribution in [0.5, 0.6) is 0 Å². The van der Waals surface area contributed by atoms with Gasteiger partial charge < -0.3 is 0 Å². The Bertz CT molecular complexity index is 1010. The second-order valence-electron chi connectivity index (χ2n) is 6.50. The van der Waals surface area contributed by atoms with Gasteiger partial charge in [-0.3, -0.25) is 14.4 Å². The third-order valence-corrected chi connectivity index (χ3v) is 4.76. The van der Waals surface area contributed by atoms with Crippen molar-refractivity contribution in [3.63, 3.8) is 0 Å². The second-order valence-corrected chi connectivity index (χ2v) is 6.94. The average Bonchev–Trinajstić information content (AvgIpc) is 3.21. The van der Waals surface area contributed by atoms with Crippen LogP contribution in [0.3, 0.4) is 0 Å². The standard InChI is InChI=1S/C17H19ClN8O/c1-11-15-16(24(2)21-11)19-10-25(17(15)27)9-14-20-23-26(22-14)8-7-12-3-5-13(18)6-4-12/h3-6,10-11,21H,7-9H2,1-2H3. The largest absolute Gasteiger partial charge is 0.294 e. The predicted octanol–water partition coefficient (Wildman–Crippen LogP) is 1.19. The van der Waals surface area contributed by atoms with Gasteiger partial charge in [-0.1, -0.05) is 23.7 Å². The van der Waals surface area contributed by atoms with Gasteiger partial charge in [0.25, 0.3) is 5.56 Å². The van der Waals surface area contributed by atoms with Gasteiger partial charge >= 0.3 is 0 Å². The zero-order chi connectivity index (χ0) is 19.0. The van der Waals surface area contributed by atoms with Crippen molar-refractivity contribution < 1.29 is 0 Å². The van der Waals surface area contributed by atoms with Gasteiger partial charge in [0.15, 0.2) is 11.6 Å². The third-order valence-electron chi connectivity index (χ3n) is 4.51. The van der Waals surface area contributed by atoms with E-state index in [1.807, 2.05) is 38.2 Å². The smallest absolute Gasteiger partial charge is 0.260 e. The van der Waals surface area contributed by atoms with Crippen molar-refractivity contribution in [1.82, 2.24) is 35.2 Å². The van der Waals surface area contributed by atoms with Crippen molar-refractivity contribution in [3.8, 4) is 0 Å². The number of hydrazine groups is 1. The summed E-state index contributed by atoms with van der Waals surface area (Å²) >= 11 is 5.89. The lowest BCUT2D eigenvalue weighted by atomic mass is 10.1. The van der Waals surface area contributed by atoms with Crippen molar-refractivity contribution in [2.45, 2.75) is 32.5 Å². The van der Waals surface area contributed by atoms with E-state index >= 15 is 0 Å². The summed E-state index contributed by atoms with van der Waals surface area (Å²) in [4.78, 5) is 18.6. The van der Waals surface area contributed by atoms with Gasteiger partial charge in [-0.15, -0.1) is 10.2 Å². The molecule has 0 aliphatic carbocycles.